The Kier molecular flexibility index (Phi) is 20.4. The highest BCUT2D eigenvalue weighted by molar-refractivity contribution is 6.03. The van der Waals surface area contributed by atoms with E-state index in [2.05, 4.69) is 26.4 Å². The highest BCUT2D eigenvalue weighted by Gasteiger charge is 2.25. The summed E-state index contributed by atoms with van der Waals surface area (Å²) in [4.78, 5) is 24.3. The maximum Gasteiger partial charge on any atom is 0.258 e. The summed E-state index contributed by atoms with van der Waals surface area (Å²) in [5.74, 6) is 4.22. The van der Waals surface area contributed by atoms with Gasteiger partial charge in [-0.25, -0.2) is 0 Å². The molecule has 0 rings (SSSR count). The highest BCUT2D eigenvalue weighted by atomic mass is 16.5. The van der Waals surface area contributed by atoms with Gasteiger partial charge in [0.2, 0.25) is 6.10 Å². The van der Waals surface area contributed by atoms with Gasteiger partial charge in [0, 0.05) is 26.7 Å². The molecule has 0 heterocycles. The van der Waals surface area contributed by atoms with Gasteiger partial charge in [0.1, 0.15) is 6.34 Å². The lowest BCUT2D eigenvalue weighted by Gasteiger charge is -2.15. The number of rotatable bonds is 21. The number of carbonyl (C=O) groups is 2. The van der Waals surface area contributed by atoms with Gasteiger partial charge in [-0.15, -0.1) is 0 Å². The molecule has 30 heavy (non-hydrogen) atoms. The van der Waals surface area contributed by atoms with E-state index in [1.807, 2.05) is 0 Å². The molecule has 10 nitrogen and oxygen atoms in total. The average Bonchev–Trinajstić information content (AvgIpc) is 2.74. The number of ether oxygens (including phenoxy) is 1. The van der Waals surface area contributed by atoms with Gasteiger partial charge < -0.3 is 37.6 Å². The van der Waals surface area contributed by atoms with Crippen LogP contribution in [0.15, 0.2) is 5.10 Å². The second-order valence-electron chi connectivity index (χ2n) is 7.15. The molecule has 10 heteroatoms. The van der Waals surface area contributed by atoms with Crippen LogP contribution in [0.1, 0.15) is 57.8 Å². The van der Waals surface area contributed by atoms with Gasteiger partial charge in [0.25, 0.3) is 11.8 Å². The summed E-state index contributed by atoms with van der Waals surface area (Å²) in [5, 5.41) is 15.2. The molecular weight excluding hydrogens is 386 g/mol. The molecule has 0 aromatic rings. The van der Waals surface area contributed by atoms with E-state index >= 15 is 0 Å². The number of unbranched alkanes of at least 4 members (excludes halogenated alkanes) is 6. The largest absolute Gasteiger partial charge is 0.375 e. The Morgan fingerprint density at radius 1 is 0.833 bits per heavy atom. The predicted octanol–water partition coefficient (Wildman–Crippen LogP) is -0.215. The Labute approximate surface area is 181 Å². The predicted molar refractivity (Wildman–Crippen MR) is 121 cm³/mol. The topological polar surface area (TPSA) is 156 Å². The molecule has 0 saturated carbocycles. The molecule has 0 spiro atoms. The lowest BCUT2D eigenvalue weighted by atomic mass is 10.1. The van der Waals surface area contributed by atoms with E-state index in [1.165, 1.54) is 13.4 Å². The number of hydrazone groups is 1. The second kappa shape index (κ2) is 21.8. The van der Waals surface area contributed by atoms with Crippen LogP contribution in [0.4, 0.5) is 0 Å². The minimum atomic E-state index is -1.10. The third-order valence-electron chi connectivity index (χ3n) is 4.56. The molecule has 0 aliphatic rings. The fourth-order valence-electron chi connectivity index (χ4n) is 2.85. The molecule has 176 valence electrons. The van der Waals surface area contributed by atoms with Crippen molar-refractivity contribution in [3.05, 3.63) is 0 Å². The Bertz CT molecular complexity index is 450. The summed E-state index contributed by atoms with van der Waals surface area (Å²) in [6.07, 6.45) is 9.59. The first kappa shape index (κ1) is 28.1. The first-order chi connectivity index (χ1) is 14.7. The Balaban J connectivity index is 3.68. The lowest BCUT2D eigenvalue weighted by molar-refractivity contribution is -0.143. The number of nitrogens with one attached hydrogen (secondary N) is 4. The van der Waals surface area contributed by atoms with Crippen LogP contribution in [-0.4, -0.2) is 70.6 Å². The van der Waals surface area contributed by atoms with Crippen LogP contribution in [0.5, 0.6) is 0 Å². The van der Waals surface area contributed by atoms with Crippen LogP contribution >= 0.6 is 0 Å². The summed E-state index contributed by atoms with van der Waals surface area (Å²) in [6.45, 7) is 4.45. The smallest absolute Gasteiger partial charge is 0.258 e. The Morgan fingerprint density at radius 3 is 1.90 bits per heavy atom. The highest BCUT2D eigenvalue weighted by Crippen LogP contribution is 2.04. The number of amides is 2. The van der Waals surface area contributed by atoms with Gasteiger partial charge in [-0.2, -0.15) is 5.10 Å². The van der Waals surface area contributed by atoms with E-state index in [4.69, 9.17) is 16.3 Å². The maximum atomic E-state index is 12.2. The standard InChI is InChI=1S/C20H43N7O3/c1-30-18(20(29)26-16-9-8-12-23-14-10-11-21)19(28)25-15-7-5-3-2-4-6-13-24-17-27-22/h17-18,23H,2-16,21-22H2,1H3,(H,24,27)(H,25,28)(H,26,29). The molecule has 0 saturated heterocycles. The molecule has 0 aliphatic heterocycles. The first-order valence-corrected chi connectivity index (χ1v) is 11.1. The normalized spacial score (nSPS) is 12.1. The van der Waals surface area contributed by atoms with E-state index in [0.29, 0.717) is 19.6 Å². The van der Waals surface area contributed by atoms with Gasteiger partial charge in [-0.05, 0) is 51.7 Å². The van der Waals surface area contributed by atoms with Crippen molar-refractivity contribution in [2.75, 3.05) is 46.4 Å². The molecule has 2 amide bonds. The molecule has 0 fully saturated rings. The molecule has 0 bridgehead atoms. The van der Waals surface area contributed by atoms with Crippen molar-refractivity contribution < 1.29 is 14.3 Å². The second-order valence-corrected chi connectivity index (χ2v) is 7.15. The van der Waals surface area contributed by atoms with Crippen LogP contribution in [0.3, 0.4) is 0 Å². The zero-order valence-corrected chi connectivity index (χ0v) is 18.6. The van der Waals surface area contributed by atoms with Crippen LogP contribution in [-0.2, 0) is 14.3 Å². The van der Waals surface area contributed by atoms with Gasteiger partial charge in [0.05, 0.1) is 0 Å². The van der Waals surface area contributed by atoms with E-state index < -0.39 is 6.10 Å². The van der Waals surface area contributed by atoms with Crippen molar-refractivity contribution in [2.45, 2.75) is 63.9 Å². The van der Waals surface area contributed by atoms with Crippen molar-refractivity contribution in [3.8, 4) is 0 Å². The van der Waals surface area contributed by atoms with Crippen LogP contribution in [0.2, 0.25) is 0 Å². The van der Waals surface area contributed by atoms with Crippen molar-refractivity contribution in [1.82, 2.24) is 21.3 Å². The lowest BCUT2D eigenvalue weighted by Crippen LogP contribution is -2.47. The van der Waals surface area contributed by atoms with Crippen molar-refractivity contribution >= 4 is 18.2 Å². The number of hydrogen-bond donors (Lipinski definition) is 6. The molecular formula is C20H43N7O3. The van der Waals surface area contributed by atoms with Crippen LogP contribution < -0.4 is 32.8 Å². The monoisotopic (exact) mass is 429 g/mol. The van der Waals surface area contributed by atoms with Gasteiger partial charge in [-0.1, -0.05) is 25.7 Å². The van der Waals surface area contributed by atoms with Gasteiger partial charge in [-0.3, -0.25) is 9.59 Å². The average molecular weight is 430 g/mol. The molecule has 0 aliphatic carbocycles. The molecule has 0 aromatic heterocycles. The first-order valence-electron chi connectivity index (χ1n) is 11.1. The van der Waals surface area contributed by atoms with Gasteiger partial charge in [0.15, 0.2) is 0 Å². The molecule has 1 unspecified atom stereocenters. The van der Waals surface area contributed by atoms with E-state index in [9.17, 15) is 9.59 Å². The van der Waals surface area contributed by atoms with Crippen molar-refractivity contribution in [1.29, 1.82) is 0 Å². The molecule has 0 radical (unpaired) electrons. The third kappa shape index (κ3) is 17.0. The summed E-state index contributed by atoms with van der Waals surface area (Å²) in [7, 11) is 1.37. The quantitative estimate of drug-likeness (QED) is 0.0368. The summed E-state index contributed by atoms with van der Waals surface area (Å²) < 4.78 is 5.08. The van der Waals surface area contributed by atoms with E-state index in [1.54, 1.807) is 0 Å². The van der Waals surface area contributed by atoms with Crippen molar-refractivity contribution in [3.63, 3.8) is 0 Å². The minimum Gasteiger partial charge on any atom is -0.375 e. The Hall–Kier alpha value is -1.91. The van der Waals surface area contributed by atoms with E-state index in [0.717, 1.165) is 77.4 Å². The van der Waals surface area contributed by atoms with Crippen molar-refractivity contribution in [2.24, 2.45) is 16.7 Å². The minimum absolute atomic E-state index is 0.383. The van der Waals surface area contributed by atoms with E-state index in [-0.39, 0.29) is 11.8 Å². The number of methoxy groups -OCH3 is 1. The zero-order valence-electron chi connectivity index (χ0n) is 18.6. The Morgan fingerprint density at radius 2 is 1.33 bits per heavy atom. The molecule has 8 N–H and O–H groups in total. The zero-order chi connectivity index (χ0) is 22.3. The number of nitrogens with two attached hydrogens (primary N) is 2. The molecule has 1 atom stereocenters. The summed E-state index contributed by atoms with van der Waals surface area (Å²) in [5.41, 5.74) is 5.43. The number of carbonyl (C=O) groups excluding carboxylic acids is 2. The third-order valence-corrected chi connectivity index (χ3v) is 4.56. The number of nitrogens with zero attached hydrogens (tertiary/aromatic N) is 1. The summed E-state index contributed by atoms with van der Waals surface area (Å²) in [6, 6.07) is 0. The van der Waals surface area contributed by atoms with Crippen LogP contribution in [0.25, 0.3) is 0 Å². The fraction of sp³-hybridized carbons (Fsp3) is 0.850. The molecule has 0 aromatic carbocycles. The summed E-state index contributed by atoms with van der Waals surface area (Å²) >= 11 is 0. The SMILES string of the molecule is COC(C(=O)NCCCCCCCCNC=NN)C(=O)NCCCCNCCCN. The maximum absolute atomic E-state index is 12.2. The van der Waals surface area contributed by atoms with Crippen LogP contribution in [0, 0.1) is 0 Å². The fourth-order valence-corrected chi connectivity index (χ4v) is 2.85. The number of hydrogen-bond acceptors (Lipinski definition) is 7. The van der Waals surface area contributed by atoms with Gasteiger partial charge >= 0.3 is 0 Å².